The Morgan fingerprint density at radius 2 is 1.53 bits per heavy atom. The smallest absolute Gasteiger partial charge is 0.0798 e. The van der Waals surface area contributed by atoms with Gasteiger partial charge in [-0.1, -0.05) is 0 Å². The molecule has 2 nitrogen and oxygen atoms in total. The third kappa shape index (κ3) is 11.8. The zero-order valence-electron chi connectivity index (χ0n) is 9.43. The summed E-state index contributed by atoms with van der Waals surface area (Å²) >= 11 is 1.78. The molecule has 0 bridgehead atoms. The standard InChI is InChI=1S/C7H10N2S.4F2.FH/c1-9-3-2-6-7(4-9)10-5-8-6;4*1-2;/h5H,2-4H2,1H3;;;;;1H. The van der Waals surface area contributed by atoms with E-state index in [1.165, 1.54) is 10.6 Å². The van der Waals surface area contributed by atoms with Gasteiger partial charge in [0.15, 0.2) is 0 Å². The van der Waals surface area contributed by atoms with Gasteiger partial charge in [0.2, 0.25) is 0 Å². The van der Waals surface area contributed by atoms with Crippen LogP contribution in [0.3, 0.4) is 0 Å². The molecule has 0 atom stereocenters. The maximum Gasteiger partial charge on any atom is 0.0798 e. The maximum absolute atomic E-state index is 8.00. The third-order valence-electron chi connectivity index (χ3n) is 1.87. The predicted molar refractivity (Wildman–Crippen MR) is 53.5 cm³/mol. The van der Waals surface area contributed by atoms with E-state index in [9.17, 15) is 0 Å². The van der Waals surface area contributed by atoms with Crippen molar-refractivity contribution >= 4 is 11.3 Å². The molecule has 1 aliphatic rings. The van der Waals surface area contributed by atoms with E-state index in [0.717, 1.165) is 19.5 Å². The van der Waals surface area contributed by atoms with Crippen molar-refractivity contribution in [2.24, 2.45) is 0 Å². The van der Waals surface area contributed by atoms with Crippen LogP contribution in [0.1, 0.15) is 10.6 Å². The monoisotopic (exact) mass is 326 g/mol. The predicted octanol–water partition coefficient (Wildman–Crippen LogP) is 4.65. The van der Waals surface area contributed by atoms with Crippen molar-refractivity contribution in [2.45, 2.75) is 13.0 Å². The second kappa shape index (κ2) is 22.2. The van der Waals surface area contributed by atoms with E-state index in [1.807, 2.05) is 5.51 Å². The Kier molecular flexibility index (Phi) is 30.9. The van der Waals surface area contributed by atoms with Crippen LogP contribution in [-0.2, 0) is 13.0 Å². The van der Waals surface area contributed by atoms with E-state index in [0.29, 0.717) is 0 Å². The summed E-state index contributed by atoms with van der Waals surface area (Å²) in [5, 5.41) is 0. The highest BCUT2D eigenvalue weighted by Gasteiger charge is 2.14. The van der Waals surface area contributed by atoms with E-state index in [4.69, 9.17) is 36.6 Å². The van der Waals surface area contributed by atoms with Crippen LogP contribution in [0.25, 0.3) is 0 Å². The summed E-state index contributed by atoms with van der Waals surface area (Å²) in [7, 11) is 2.16. The van der Waals surface area contributed by atoms with Gasteiger partial charge in [0.25, 0.3) is 0 Å². The lowest BCUT2D eigenvalue weighted by Gasteiger charge is -2.20. The number of rotatable bonds is 0. The number of hydrogen-bond donors (Lipinski definition) is 0. The van der Waals surface area contributed by atoms with E-state index in [2.05, 4.69) is 16.9 Å². The van der Waals surface area contributed by atoms with E-state index in [-0.39, 0.29) is 4.70 Å². The highest BCUT2D eigenvalue weighted by molar-refractivity contribution is 7.09. The van der Waals surface area contributed by atoms with Crippen molar-refractivity contribution in [3.8, 4) is 0 Å². The minimum absolute atomic E-state index is 0. The lowest BCUT2D eigenvalue weighted by atomic mass is 10.2. The Bertz CT molecular complexity index is 250. The Balaban J connectivity index is -0.000000109. The second-order valence-corrected chi connectivity index (χ2v) is 3.65. The molecule has 1 aromatic heterocycles. The average Bonchev–Trinajstić information content (AvgIpc) is 2.95. The second-order valence-electron chi connectivity index (χ2n) is 2.71. The fraction of sp³-hybridized carbons (Fsp3) is 0.571. The van der Waals surface area contributed by atoms with Gasteiger partial charge < -0.3 is 4.90 Å². The van der Waals surface area contributed by atoms with Crippen LogP contribution in [-0.4, -0.2) is 23.5 Å². The van der Waals surface area contributed by atoms with E-state index >= 15 is 0 Å². The normalized spacial score (nSPS) is 11.2. The molecule has 0 N–H and O–H groups in total. The van der Waals surface area contributed by atoms with Gasteiger partial charge in [0, 0.05) is 61.0 Å². The molecule has 0 fully saturated rings. The summed E-state index contributed by atoms with van der Waals surface area (Å²) < 4.78 is 64.0. The average molecular weight is 326 g/mol. The molecule has 2 heterocycles. The van der Waals surface area contributed by atoms with Gasteiger partial charge >= 0.3 is 0 Å². The molecule has 0 spiro atoms. The molecule has 0 radical (unpaired) electrons. The van der Waals surface area contributed by atoms with Gasteiger partial charge in [-0.2, -0.15) is 0 Å². The highest BCUT2D eigenvalue weighted by atomic mass is 32.1. The number of nitrogens with zero attached hydrogens (tertiary/aromatic N) is 2. The Hall–Kier alpha value is -1.04. The first kappa shape index (κ1) is 26.5. The van der Waals surface area contributed by atoms with Crippen molar-refractivity contribution in [1.29, 1.82) is 0 Å². The number of thiazole rings is 1. The molecule has 0 unspecified atom stereocenters. The maximum atomic E-state index is 8.00. The number of aromatic nitrogens is 1. The molecule has 0 aliphatic carbocycles. The fourth-order valence-electron chi connectivity index (χ4n) is 1.25. The van der Waals surface area contributed by atoms with Gasteiger partial charge in [-0.15, -0.1) is 11.3 Å². The molecule has 1 aromatic rings. The lowest BCUT2D eigenvalue weighted by molar-refractivity contribution is 0.108. The minimum Gasteiger partial charge on any atom is -0.301 e. The molecule has 2 rings (SSSR count). The van der Waals surface area contributed by atoms with Crippen LogP contribution in [0.5, 0.6) is 0 Å². The van der Waals surface area contributed by atoms with Crippen molar-refractivity contribution in [1.82, 2.24) is 9.88 Å². The topological polar surface area (TPSA) is 16.1 Å². The van der Waals surface area contributed by atoms with Crippen molar-refractivity contribution in [2.75, 3.05) is 13.6 Å². The number of halogens is 9. The van der Waals surface area contributed by atoms with Crippen LogP contribution in [0.2, 0.25) is 0 Å². The van der Waals surface area contributed by atoms with Crippen LogP contribution in [0.4, 0.5) is 41.3 Å². The Labute approximate surface area is 106 Å². The molecule has 0 aromatic carbocycles. The number of likely N-dealkylation sites (N-methyl/N-ethyl adjacent to an activating group) is 1. The number of hydrogen-bond acceptors (Lipinski definition) is 3. The number of fused-ring (bicyclic) bond motifs is 1. The summed E-state index contributed by atoms with van der Waals surface area (Å²) in [6.07, 6.45) is 1.13. The van der Waals surface area contributed by atoms with Gasteiger partial charge in [-0.25, -0.2) is 4.98 Å². The van der Waals surface area contributed by atoms with Gasteiger partial charge in [-0.3, -0.25) is 4.70 Å². The van der Waals surface area contributed by atoms with Crippen molar-refractivity contribution < 1.29 is 41.3 Å². The zero-order chi connectivity index (χ0) is 15.0. The minimum atomic E-state index is 0. The van der Waals surface area contributed by atoms with Crippen LogP contribution < -0.4 is 0 Å². The quantitative estimate of drug-likeness (QED) is 0.646. The van der Waals surface area contributed by atoms with Gasteiger partial charge in [0.05, 0.1) is 11.2 Å². The van der Waals surface area contributed by atoms with Crippen LogP contribution in [0, 0.1) is 0 Å². The Morgan fingerprint density at radius 1 is 1.05 bits per heavy atom. The summed E-state index contributed by atoms with van der Waals surface area (Å²) in [4.78, 5) is 8.07. The molecule has 118 valence electrons. The third-order valence-corrected chi connectivity index (χ3v) is 2.73. The molecule has 0 saturated heterocycles. The molecule has 19 heavy (non-hydrogen) atoms. The molecule has 0 saturated carbocycles. The first-order chi connectivity index (χ1) is 8.86. The molecule has 12 heteroatoms. The largest absolute Gasteiger partial charge is 0.301 e. The van der Waals surface area contributed by atoms with Crippen molar-refractivity contribution in [3.63, 3.8) is 0 Å². The molecule has 0 amide bonds. The molecule has 1 aliphatic heterocycles. The van der Waals surface area contributed by atoms with E-state index < -0.39 is 0 Å². The van der Waals surface area contributed by atoms with Crippen LogP contribution >= 0.6 is 11.3 Å². The van der Waals surface area contributed by atoms with Gasteiger partial charge in [0.1, 0.15) is 0 Å². The van der Waals surface area contributed by atoms with Crippen molar-refractivity contribution in [3.05, 3.63) is 16.1 Å². The molecular formula is C7H11F9N2S. The summed E-state index contributed by atoms with van der Waals surface area (Å²) in [6, 6.07) is 0. The Morgan fingerprint density at radius 3 is 2.00 bits per heavy atom. The molecular weight excluding hydrogens is 315 g/mol. The first-order valence-corrected chi connectivity index (χ1v) is 4.91. The summed E-state index contributed by atoms with van der Waals surface area (Å²) in [5.41, 5.74) is 3.27. The van der Waals surface area contributed by atoms with E-state index in [1.54, 1.807) is 11.3 Å². The summed E-state index contributed by atoms with van der Waals surface area (Å²) in [5.74, 6) is 0. The first-order valence-electron chi connectivity index (χ1n) is 4.03. The fourth-order valence-corrected chi connectivity index (χ4v) is 2.14. The zero-order valence-corrected chi connectivity index (χ0v) is 10.2. The highest BCUT2D eigenvalue weighted by Crippen LogP contribution is 2.19. The van der Waals surface area contributed by atoms with Gasteiger partial charge in [-0.05, 0) is 7.05 Å². The lowest BCUT2D eigenvalue weighted by Crippen LogP contribution is -2.25. The van der Waals surface area contributed by atoms with Crippen LogP contribution in [0.15, 0.2) is 5.51 Å². The SMILES string of the molecule is CN1CCc2ncsc2C1.F.FF.FF.FF.FF. The summed E-state index contributed by atoms with van der Waals surface area (Å²) in [6.45, 7) is 2.26.